The van der Waals surface area contributed by atoms with E-state index >= 15 is 0 Å². The molecule has 0 amide bonds. The van der Waals surface area contributed by atoms with Crippen LogP contribution in [-0.4, -0.2) is 20.0 Å². The first-order valence-corrected chi connectivity index (χ1v) is 12.6. The lowest BCUT2D eigenvalue weighted by molar-refractivity contribution is -0.116. The van der Waals surface area contributed by atoms with Crippen molar-refractivity contribution < 1.29 is 18.7 Å². The fourth-order valence-corrected chi connectivity index (χ4v) is 5.53. The van der Waals surface area contributed by atoms with Gasteiger partial charge in [0.1, 0.15) is 11.8 Å². The van der Waals surface area contributed by atoms with Gasteiger partial charge in [0.15, 0.2) is 22.7 Å². The van der Waals surface area contributed by atoms with Crippen molar-refractivity contribution in [1.29, 1.82) is 0 Å². The van der Waals surface area contributed by atoms with Crippen molar-refractivity contribution in [3.05, 3.63) is 105 Å². The molecule has 1 aromatic heterocycles. The van der Waals surface area contributed by atoms with Gasteiger partial charge in [0.25, 0.3) is 0 Å². The highest BCUT2D eigenvalue weighted by Gasteiger charge is 2.37. The van der Waals surface area contributed by atoms with E-state index in [9.17, 15) is 9.59 Å². The Morgan fingerprint density at radius 2 is 1.68 bits per heavy atom. The number of hydrogen-bond acceptors (Lipinski definition) is 7. The minimum Gasteiger partial charge on any atom is -0.493 e. The number of carbonyl (C=O) groups excluding carboxylic acids is 1. The number of para-hydroxylation sites is 2. The Morgan fingerprint density at radius 3 is 2.47 bits per heavy atom. The molecule has 0 spiro atoms. The Kier molecular flexibility index (Phi) is 5.91. The van der Waals surface area contributed by atoms with Gasteiger partial charge in [-0.2, -0.15) is 0 Å². The van der Waals surface area contributed by atoms with Crippen LogP contribution in [0.3, 0.4) is 0 Å². The standard InChI is InChI=1S/C31H28N2O5/c1-17-8-10-26-20(12-17)31(35)21(16-38-26)30-29-24(32-22-6-4-5-7-23(22)33-30)13-19(14-25(29)34)18-9-11-27(36-2)28(15-18)37-3/h4-12,15-16,19,30,32-33H,13-14H2,1-3H3/t19-,30-/m1/s1. The lowest BCUT2D eigenvalue weighted by Gasteiger charge is -2.29. The fourth-order valence-electron chi connectivity index (χ4n) is 5.53. The summed E-state index contributed by atoms with van der Waals surface area (Å²) in [6.45, 7) is 1.94. The van der Waals surface area contributed by atoms with E-state index in [0.29, 0.717) is 46.4 Å². The minimum absolute atomic E-state index is 0.0208. The van der Waals surface area contributed by atoms with E-state index in [1.807, 2.05) is 61.5 Å². The van der Waals surface area contributed by atoms with Crippen LogP contribution < -0.4 is 25.5 Å². The number of anilines is 2. The van der Waals surface area contributed by atoms with Gasteiger partial charge in [0, 0.05) is 17.7 Å². The van der Waals surface area contributed by atoms with E-state index in [4.69, 9.17) is 13.9 Å². The highest BCUT2D eigenvalue weighted by atomic mass is 16.5. The molecule has 4 aromatic rings. The fraction of sp³-hybridized carbons (Fsp3) is 0.226. The van der Waals surface area contributed by atoms with Crippen molar-refractivity contribution in [3.63, 3.8) is 0 Å². The molecule has 0 saturated carbocycles. The topological polar surface area (TPSA) is 89.8 Å². The van der Waals surface area contributed by atoms with Gasteiger partial charge in [-0.1, -0.05) is 29.8 Å². The smallest absolute Gasteiger partial charge is 0.198 e. The average Bonchev–Trinajstić information content (AvgIpc) is 3.10. The van der Waals surface area contributed by atoms with Crippen molar-refractivity contribution in [2.24, 2.45) is 0 Å². The Bertz CT molecular complexity index is 1670. The van der Waals surface area contributed by atoms with Crippen molar-refractivity contribution in [2.45, 2.75) is 31.7 Å². The molecule has 2 N–H and O–H groups in total. The molecule has 1 aliphatic heterocycles. The number of fused-ring (bicyclic) bond motifs is 2. The van der Waals surface area contributed by atoms with Gasteiger partial charge in [-0.25, -0.2) is 0 Å². The molecule has 0 unspecified atom stereocenters. The Balaban J connectivity index is 1.48. The first-order valence-electron chi connectivity index (χ1n) is 12.6. The molecule has 192 valence electrons. The van der Waals surface area contributed by atoms with E-state index in [1.165, 1.54) is 6.26 Å². The second-order valence-electron chi connectivity index (χ2n) is 9.80. The summed E-state index contributed by atoms with van der Waals surface area (Å²) >= 11 is 0. The van der Waals surface area contributed by atoms with Crippen LogP contribution in [0.25, 0.3) is 11.0 Å². The molecule has 38 heavy (non-hydrogen) atoms. The third kappa shape index (κ3) is 4.00. The summed E-state index contributed by atoms with van der Waals surface area (Å²) < 4.78 is 16.8. The van der Waals surface area contributed by atoms with Crippen molar-refractivity contribution in [1.82, 2.24) is 0 Å². The van der Waals surface area contributed by atoms with Gasteiger partial charge >= 0.3 is 0 Å². The Morgan fingerprint density at radius 1 is 0.895 bits per heavy atom. The molecule has 1 aliphatic carbocycles. The largest absolute Gasteiger partial charge is 0.493 e. The number of ether oxygens (including phenoxy) is 2. The second kappa shape index (κ2) is 9.41. The van der Waals surface area contributed by atoms with Gasteiger partial charge < -0.3 is 24.5 Å². The van der Waals surface area contributed by atoms with E-state index in [2.05, 4.69) is 10.6 Å². The molecule has 0 fully saturated rings. The molecule has 6 rings (SSSR count). The molecule has 0 saturated heterocycles. The molecule has 0 bridgehead atoms. The number of hydrogen-bond donors (Lipinski definition) is 2. The molecule has 2 atom stereocenters. The first kappa shape index (κ1) is 23.9. The van der Waals surface area contributed by atoms with Crippen LogP contribution in [0, 0.1) is 6.92 Å². The number of carbonyl (C=O) groups is 1. The van der Waals surface area contributed by atoms with Crippen molar-refractivity contribution >= 4 is 28.1 Å². The van der Waals surface area contributed by atoms with Gasteiger partial charge in [0.2, 0.25) is 0 Å². The maximum absolute atomic E-state index is 13.9. The second-order valence-corrected chi connectivity index (χ2v) is 9.80. The van der Waals surface area contributed by atoms with Crippen molar-refractivity contribution in [2.75, 3.05) is 24.9 Å². The van der Waals surface area contributed by atoms with E-state index < -0.39 is 6.04 Å². The third-order valence-electron chi connectivity index (χ3n) is 7.45. The van der Waals surface area contributed by atoms with Crippen molar-refractivity contribution in [3.8, 4) is 11.5 Å². The van der Waals surface area contributed by atoms with Gasteiger partial charge in [-0.3, -0.25) is 9.59 Å². The van der Waals surface area contributed by atoms with Crippen LogP contribution >= 0.6 is 0 Å². The van der Waals surface area contributed by atoms with Crippen LogP contribution in [0.5, 0.6) is 11.5 Å². The van der Waals surface area contributed by atoms with E-state index in [-0.39, 0.29) is 17.1 Å². The molecule has 7 nitrogen and oxygen atoms in total. The number of benzene rings is 3. The number of rotatable bonds is 4. The Hall–Kier alpha value is -4.52. The zero-order valence-electron chi connectivity index (χ0n) is 21.5. The monoisotopic (exact) mass is 508 g/mol. The summed E-state index contributed by atoms with van der Waals surface area (Å²) in [5.41, 5.74) is 5.77. The summed E-state index contributed by atoms with van der Waals surface area (Å²) in [6, 6.07) is 18.4. The molecule has 0 radical (unpaired) electrons. The van der Waals surface area contributed by atoms with Crippen LogP contribution in [-0.2, 0) is 4.79 Å². The van der Waals surface area contributed by atoms with Gasteiger partial charge in [-0.15, -0.1) is 0 Å². The quantitative estimate of drug-likeness (QED) is 0.344. The number of methoxy groups -OCH3 is 2. The summed E-state index contributed by atoms with van der Waals surface area (Å²) in [5, 5.41) is 7.49. The average molecular weight is 509 g/mol. The van der Waals surface area contributed by atoms with Gasteiger partial charge in [0.05, 0.1) is 42.6 Å². The molecule has 3 aromatic carbocycles. The van der Waals surface area contributed by atoms with Crippen LogP contribution in [0.15, 0.2) is 87.4 Å². The van der Waals surface area contributed by atoms with Crippen LogP contribution in [0.1, 0.15) is 41.5 Å². The number of allylic oxidation sites excluding steroid dienone is 1. The molecule has 7 heteroatoms. The van der Waals surface area contributed by atoms with Crippen LogP contribution in [0.4, 0.5) is 11.4 Å². The molecule has 2 aliphatic rings. The zero-order chi connectivity index (χ0) is 26.4. The van der Waals surface area contributed by atoms with Crippen LogP contribution in [0.2, 0.25) is 0 Å². The number of Topliss-reactive ketones (excluding diaryl/α,β-unsaturated/α-hetero) is 1. The zero-order valence-corrected chi connectivity index (χ0v) is 21.5. The maximum atomic E-state index is 13.9. The predicted molar refractivity (Wildman–Crippen MR) is 147 cm³/mol. The maximum Gasteiger partial charge on any atom is 0.198 e. The van der Waals surface area contributed by atoms with E-state index in [1.54, 1.807) is 20.3 Å². The Labute approximate surface area is 220 Å². The molecule has 2 heterocycles. The minimum atomic E-state index is -0.652. The normalized spacial score (nSPS) is 18.7. The third-order valence-corrected chi connectivity index (χ3v) is 7.45. The highest BCUT2D eigenvalue weighted by Crippen LogP contribution is 2.45. The van der Waals surface area contributed by atoms with Gasteiger partial charge in [-0.05, 0) is 61.2 Å². The molecular formula is C31H28N2O5. The number of nitrogens with one attached hydrogen (secondary N) is 2. The highest BCUT2D eigenvalue weighted by molar-refractivity contribution is 6.01. The van der Waals surface area contributed by atoms with E-state index in [0.717, 1.165) is 28.2 Å². The summed E-state index contributed by atoms with van der Waals surface area (Å²) in [6.07, 6.45) is 2.40. The summed E-state index contributed by atoms with van der Waals surface area (Å²) in [7, 11) is 3.20. The number of ketones is 1. The lowest BCUT2D eigenvalue weighted by Crippen LogP contribution is -2.29. The SMILES string of the molecule is COc1ccc([C@H]2CC(=O)C3=C(C2)Nc2ccccc2N[C@@H]3c2coc3ccc(C)cc3c2=O)cc1OC. The summed E-state index contributed by atoms with van der Waals surface area (Å²) in [5.74, 6) is 1.19. The first-order chi connectivity index (χ1) is 18.5. The lowest BCUT2D eigenvalue weighted by atomic mass is 9.78. The molecular weight excluding hydrogens is 480 g/mol. The summed E-state index contributed by atoms with van der Waals surface area (Å²) in [4.78, 5) is 27.6. The predicted octanol–water partition coefficient (Wildman–Crippen LogP) is 6.10. The number of aryl methyl sites for hydroxylation is 1.